The summed E-state index contributed by atoms with van der Waals surface area (Å²) in [6, 6.07) is 8.90. The van der Waals surface area contributed by atoms with Gasteiger partial charge in [-0.2, -0.15) is 5.26 Å². The normalized spacial score (nSPS) is 18.8. The van der Waals surface area contributed by atoms with Crippen LogP contribution >= 0.6 is 0 Å². The molecule has 144 valence electrons. The number of methoxy groups -OCH3 is 1. The zero-order valence-electron chi connectivity index (χ0n) is 15.7. The maximum atomic E-state index is 12.7. The first-order valence-electron chi connectivity index (χ1n) is 9.38. The number of urea groups is 1. The van der Waals surface area contributed by atoms with E-state index in [1.165, 1.54) is 7.11 Å². The van der Waals surface area contributed by atoms with Gasteiger partial charge in [0.2, 0.25) is 5.91 Å². The van der Waals surface area contributed by atoms with Gasteiger partial charge in [0.1, 0.15) is 6.61 Å². The molecule has 0 aromatic heterocycles. The molecule has 0 bridgehead atoms. The van der Waals surface area contributed by atoms with Gasteiger partial charge in [0.25, 0.3) is 0 Å². The topological polar surface area (TPSA) is 85.7 Å². The van der Waals surface area contributed by atoms with Gasteiger partial charge < -0.3 is 19.9 Å². The van der Waals surface area contributed by atoms with Crippen LogP contribution in [0.25, 0.3) is 0 Å². The van der Waals surface area contributed by atoms with Crippen LogP contribution < -0.4 is 5.32 Å². The molecule has 27 heavy (non-hydrogen) atoms. The van der Waals surface area contributed by atoms with Crippen molar-refractivity contribution < 1.29 is 14.3 Å². The summed E-state index contributed by atoms with van der Waals surface area (Å²) < 4.78 is 4.94. The van der Waals surface area contributed by atoms with Crippen LogP contribution in [0.2, 0.25) is 0 Å². The minimum atomic E-state index is -0.123. The highest BCUT2D eigenvalue weighted by molar-refractivity contribution is 5.89. The third-order valence-corrected chi connectivity index (χ3v) is 5.64. The Morgan fingerprint density at radius 1 is 1.22 bits per heavy atom. The van der Waals surface area contributed by atoms with E-state index in [0.717, 1.165) is 45.3 Å². The zero-order chi connectivity index (χ0) is 19.3. The summed E-state index contributed by atoms with van der Waals surface area (Å²) in [4.78, 5) is 28.4. The highest BCUT2D eigenvalue weighted by Crippen LogP contribution is 2.40. The maximum absolute atomic E-state index is 12.7. The summed E-state index contributed by atoms with van der Waals surface area (Å²) in [7, 11) is 1.53. The van der Waals surface area contributed by atoms with Crippen LogP contribution in [0.3, 0.4) is 0 Å². The average molecular weight is 370 g/mol. The number of likely N-dealkylation sites (tertiary alicyclic amines) is 2. The SMILES string of the molecule is COCC(=O)N1CCC2(CCCN(C(=O)Nc3cccc(C#N)c3)C2)CC1. The Hall–Kier alpha value is -2.59. The number of nitriles is 1. The highest BCUT2D eigenvalue weighted by atomic mass is 16.5. The molecule has 3 amide bonds. The van der Waals surface area contributed by atoms with Crippen LogP contribution in [-0.4, -0.2) is 61.6 Å². The van der Waals surface area contributed by atoms with Crippen LogP contribution in [-0.2, 0) is 9.53 Å². The first kappa shape index (κ1) is 19.2. The van der Waals surface area contributed by atoms with Crippen molar-refractivity contribution in [2.75, 3.05) is 45.2 Å². The molecule has 0 saturated carbocycles. The number of hydrogen-bond donors (Lipinski definition) is 1. The molecule has 0 unspecified atom stereocenters. The second kappa shape index (κ2) is 8.40. The number of carbonyl (C=O) groups excluding carboxylic acids is 2. The number of carbonyl (C=O) groups is 2. The predicted octanol–water partition coefficient (Wildman–Crippen LogP) is 2.44. The van der Waals surface area contributed by atoms with E-state index in [-0.39, 0.29) is 24.0 Å². The molecular formula is C20H26N4O3. The fourth-order valence-electron chi connectivity index (χ4n) is 4.10. The van der Waals surface area contributed by atoms with Crippen molar-refractivity contribution in [3.05, 3.63) is 29.8 Å². The van der Waals surface area contributed by atoms with E-state index in [9.17, 15) is 9.59 Å². The van der Waals surface area contributed by atoms with Crippen LogP contribution in [0, 0.1) is 16.7 Å². The Balaban J connectivity index is 1.58. The van der Waals surface area contributed by atoms with Crippen molar-refractivity contribution in [3.8, 4) is 6.07 Å². The van der Waals surface area contributed by atoms with E-state index in [2.05, 4.69) is 11.4 Å². The first-order valence-corrected chi connectivity index (χ1v) is 9.38. The van der Waals surface area contributed by atoms with Crippen LogP contribution in [0.15, 0.2) is 24.3 Å². The van der Waals surface area contributed by atoms with Crippen molar-refractivity contribution in [2.45, 2.75) is 25.7 Å². The lowest BCUT2D eigenvalue weighted by Gasteiger charge is -2.47. The van der Waals surface area contributed by atoms with Crippen molar-refractivity contribution in [3.63, 3.8) is 0 Å². The average Bonchev–Trinajstić information content (AvgIpc) is 2.69. The van der Waals surface area contributed by atoms with E-state index >= 15 is 0 Å². The molecule has 0 aliphatic carbocycles. The number of benzene rings is 1. The third-order valence-electron chi connectivity index (χ3n) is 5.64. The van der Waals surface area contributed by atoms with Gasteiger partial charge in [0.15, 0.2) is 0 Å². The monoisotopic (exact) mass is 370 g/mol. The number of nitrogens with one attached hydrogen (secondary N) is 1. The molecule has 1 spiro atoms. The molecule has 2 aliphatic heterocycles. The van der Waals surface area contributed by atoms with Crippen molar-refractivity contribution >= 4 is 17.6 Å². The second-order valence-electron chi connectivity index (χ2n) is 7.46. The van der Waals surface area contributed by atoms with Crippen molar-refractivity contribution in [1.29, 1.82) is 5.26 Å². The molecule has 7 heteroatoms. The molecule has 2 aliphatic rings. The Kier molecular flexibility index (Phi) is 5.97. The molecule has 0 radical (unpaired) electrons. The van der Waals surface area contributed by atoms with E-state index in [1.54, 1.807) is 24.3 Å². The smallest absolute Gasteiger partial charge is 0.321 e. The van der Waals surface area contributed by atoms with E-state index in [0.29, 0.717) is 17.8 Å². The maximum Gasteiger partial charge on any atom is 0.321 e. The van der Waals surface area contributed by atoms with Gasteiger partial charge in [-0.3, -0.25) is 4.79 Å². The number of ether oxygens (including phenoxy) is 1. The van der Waals surface area contributed by atoms with E-state index < -0.39 is 0 Å². The van der Waals surface area contributed by atoms with Gasteiger partial charge in [-0.25, -0.2) is 4.79 Å². The number of hydrogen-bond acceptors (Lipinski definition) is 4. The minimum absolute atomic E-state index is 0.0372. The standard InChI is InChI=1S/C20H26N4O3/c1-27-14-18(25)23-10-7-20(8-11-23)6-3-9-24(15-20)19(26)22-17-5-2-4-16(12-17)13-21/h2,4-5,12H,3,6-11,14-15H2,1H3,(H,22,26). The van der Waals surface area contributed by atoms with Crippen molar-refractivity contribution in [2.24, 2.45) is 5.41 Å². The summed E-state index contributed by atoms with van der Waals surface area (Å²) in [6.45, 7) is 3.02. The lowest BCUT2D eigenvalue weighted by atomic mass is 9.72. The fourth-order valence-corrected chi connectivity index (χ4v) is 4.10. The van der Waals surface area contributed by atoms with E-state index in [4.69, 9.17) is 10.00 Å². The number of anilines is 1. The summed E-state index contributed by atoms with van der Waals surface area (Å²) in [5.41, 5.74) is 1.25. The number of piperidine rings is 2. The van der Waals surface area contributed by atoms with E-state index in [1.807, 2.05) is 9.80 Å². The first-order chi connectivity index (χ1) is 13.0. The largest absolute Gasteiger partial charge is 0.375 e. The molecule has 2 saturated heterocycles. The molecule has 1 aromatic carbocycles. The summed E-state index contributed by atoms with van der Waals surface area (Å²) in [6.07, 6.45) is 3.89. The van der Waals surface area contributed by atoms with Crippen molar-refractivity contribution in [1.82, 2.24) is 9.80 Å². The Labute approximate surface area is 159 Å². The number of rotatable bonds is 3. The van der Waals surface area contributed by atoms with Crippen LogP contribution in [0.1, 0.15) is 31.2 Å². The van der Waals surface area contributed by atoms with Gasteiger partial charge in [0, 0.05) is 39.0 Å². The number of amides is 3. The lowest BCUT2D eigenvalue weighted by molar-refractivity contribution is -0.138. The second-order valence-corrected chi connectivity index (χ2v) is 7.46. The zero-order valence-corrected chi connectivity index (χ0v) is 15.7. The summed E-state index contributed by atoms with van der Waals surface area (Å²) in [5, 5.41) is 11.9. The molecule has 2 heterocycles. The third kappa shape index (κ3) is 4.58. The summed E-state index contributed by atoms with van der Waals surface area (Å²) in [5.74, 6) is 0.0372. The Bertz CT molecular complexity index is 735. The predicted molar refractivity (Wildman–Crippen MR) is 101 cm³/mol. The van der Waals surface area contributed by atoms with Crippen LogP contribution in [0.4, 0.5) is 10.5 Å². The molecule has 1 aromatic rings. The highest BCUT2D eigenvalue weighted by Gasteiger charge is 2.40. The van der Waals surface area contributed by atoms with Crippen LogP contribution in [0.5, 0.6) is 0 Å². The Morgan fingerprint density at radius 2 is 2.00 bits per heavy atom. The molecule has 7 nitrogen and oxygen atoms in total. The lowest BCUT2D eigenvalue weighted by Crippen LogP contribution is -2.53. The molecule has 2 fully saturated rings. The molecule has 1 N–H and O–H groups in total. The molecule has 3 rings (SSSR count). The number of nitrogens with zero attached hydrogens (tertiary/aromatic N) is 3. The fraction of sp³-hybridized carbons (Fsp3) is 0.550. The van der Waals surface area contributed by atoms with Gasteiger partial charge in [-0.15, -0.1) is 0 Å². The molecule has 0 atom stereocenters. The summed E-state index contributed by atoms with van der Waals surface area (Å²) >= 11 is 0. The van der Waals surface area contributed by atoms with Gasteiger partial charge in [-0.1, -0.05) is 6.07 Å². The van der Waals surface area contributed by atoms with Gasteiger partial charge in [-0.05, 0) is 49.3 Å². The van der Waals surface area contributed by atoms with Gasteiger partial charge in [0.05, 0.1) is 11.6 Å². The minimum Gasteiger partial charge on any atom is -0.375 e. The molecular weight excluding hydrogens is 344 g/mol. The Morgan fingerprint density at radius 3 is 2.70 bits per heavy atom. The quantitative estimate of drug-likeness (QED) is 0.885. The van der Waals surface area contributed by atoms with Gasteiger partial charge >= 0.3 is 6.03 Å².